The van der Waals surface area contributed by atoms with Gasteiger partial charge in [-0.2, -0.15) is 4.68 Å². The molecule has 1 aromatic heterocycles. The summed E-state index contributed by atoms with van der Waals surface area (Å²) in [6, 6.07) is 13.4. The number of benzene rings is 3. The predicted octanol–water partition coefficient (Wildman–Crippen LogP) is 3.34. The fourth-order valence-corrected chi connectivity index (χ4v) is 5.88. The fraction of sp³-hybridized carbons (Fsp3) is 0.226. The van der Waals surface area contributed by atoms with Crippen molar-refractivity contribution in [3.05, 3.63) is 100 Å². The Morgan fingerprint density at radius 1 is 1.02 bits per heavy atom. The number of carboxylic acids is 1. The molecule has 14 heteroatoms. The molecule has 3 heterocycles. The highest BCUT2D eigenvalue weighted by Crippen LogP contribution is 2.37. The van der Waals surface area contributed by atoms with Gasteiger partial charge in [0.2, 0.25) is 5.91 Å². The van der Waals surface area contributed by atoms with Crippen LogP contribution in [0.15, 0.2) is 67.0 Å². The summed E-state index contributed by atoms with van der Waals surface area (Å²) in [7, 11) is 0. The fourth-order valence-electron chi connectivity index (χ4n) is 5.72. The lowest BCUT2D eigenvalue weighted by Crippen LogP contribution is -2.47. The summed E-state index contributed by atoms with van der Waals surface area (Å²) in [5.41, 5.74) is 3.42. The maximum Gasteiger partial charge on any atom is 0.335 e. The Kier molecular flexibility index (Phi) is 8.54. The van der Waals surface area contributed by atoms with Gasteiger partial charge < -0.3 is 25.5 Å². The van der Waals surface area contributed by atoms with Crippen LogP contribution in [-0.4, -0.2) is 80.7 Å². The van der Waals surface area contributed by atoms with Crippen LogP contribution < -0.4 is 15.5 Å². The zero-order chi connectivity index (χ0) is 31.5. The molecule has 0 bridgehead atoms. The first-order valence-electron chi connectivity index (χ1n) is 14.2. The lowest BCUT2D eigenvalue weighted by atomic mass is 9.89. The second-order valence-electron chi connectivity index (χ2n) is 10.5. The lowest BCUT2D eigenvalue weighted by molar-refractivity contribution is -0.135. The average molecular weight is 631 g/mol. The van der Waals surface area contributed by atoms with Gasteiger partial charge in [0.15, 0.2) is 5.82 Å². The van der Waals surface area contributed by atoms with Gasteiger partial charge in [0.1, 0.15) is 12.4 Å². The van der Waals surface area contributed by atoms with E-state index in [2.05, 4.69) is 31.1 Å². The summed E-state index contributed by atoms with van der Waals surface area (Å²) in [6.07, 6.45) is 4.30. The van der Waals surface area contributed by atoms with Gasteiger partial charge >= 0.3 is 5.97 Å². The highest BCUT2D eigenvalue weighted by Gasteiger charge is 2.37. The Hall–Kier alpha value is -5.14. The molecular weight excluding hydrogens is 603 g/mol. The number of piperazine rings is 1. The third kappa shape index (κ3) is 6.12. The lowest BCUT2D eigenvalue weighted by Gasteiger charge is -2.39. The van der Waals surface area contributed by atoms with Gasteiger partial charge in [-0.15, -0.1) is 5.10 Å². The zero-order valence-electron chi connectivity index (χ0n) is 23.9. The van der Waals surface area contributed by atoms with Crippen molar-refractivity contribution < 1.29 is 23.9 Å². The van der Waals surface area contributed by atoms with Crippen molar-refractivity contribution in [2.45, 2.75) is 12.5 Å². The van der Waals surface area contributed by atoms with Gasteiger partial charge in [-0.05, 0) is 76.5 Å². The number of aromatic nitrogens is 4. The number of amides is 2. The summed E-state index contributed by atoms with van der Waals surface area (Å²) in [5.74, 6) is -2.83. The molecule has 0 radical (unpaired) electrons. The summed E-state index contributed by atoms with van der Waals surface area (Å²) >= 11 is 6.06. The molecule has 1 saturated heterocycles. The van der Waals surface area contributed by atoms with Crippen LogP contribution in [0.3, 0.4) is 0 Å². The second kappa shape index (κ2) is 12.8. The number of aromatic carboxylic acids is 1. The summed E-state index contributed by atoms with van der Waals surface area (Å²) < 4.78 is 16.4. The highest BCUT2D eigenvalue weighted by atomic mass is 35.5. The van der Waals surface area contributed by atoms with Crippen LogP contribution in [0.2, 0.25) is 5.02 Å². The van der Waals surface area contributed by atoms with E-state index in [4.69, 9.17) is 11.6 Å². The Balaban J connectivity index is 1.35. The third-order valence-electron chi connectivity index (χ3n) is 7.88. The van der Waals surface area contributed by atoms with E-state index in [1.165, 1.54) is 64.5 Å². The molecule has 45 heavy (non-hydrogen) atoms. The van der Waals surface area contributed by atoms with Gasteiger partial charge in [0, 0.05) is 55.7 Å². The zero-order valence-corrected chi connectivity index (χ0v) is 24.6. The predicted molar refractivity (Wildman–Crippen MR) is 165 cm³/mol. The van der Waals surface area contributed by atoms with Crippen LogP contribution in [0.4, 0.5) is 15.8 Å². The van der Waals surface area contributed by atoms with Crippen molar-refractivity contribution in [2.24, 2.45) is 0 Å². The van der Waals surface area contributed by atoms with E-state index in [0.717, 1.165) is 37.4 Å². The number of hydrogen-bond donors (Lipinski definition) is 3. The molecule has 1 fully saturated rings. The molecule has 0 saturated carbocycles. The number of anilines is 2. The Morgan fingerprint density at radius 2 is 1.80 bits per heavy atom. The van der Waals surface area contributed by atoms with Crippen LogP contribution >= 0.6 is 11.6 Å². The Morgan fingerprint density at radius 3 is 2.51 bits per heavy atom. The maximum absolute atomic E-state index is 15.2. The van der Waals surface area contributed by atoms with Crippen molar-refractivity contribution in [3.63, 3.8) is 0 Å². The van der Waals surface area contributed by atoms with Crippen LogP contribution in [0, 0.1) is 5.82 Å². The van der Waals surface area contributed by atoms with Crippen molar-refractivity contribution in [1.29, 1.82) is 0 Å². The Labute approximate surface area is 262 Å². The van der Waals surface area contributed by atoms with E-state index in [-0.39, 0.29) is 28.4 Å². The maximum atomic E-state index is 15.2. The first-order valence-corrected chi connectivity index (χ1v) is 14.6. The topological polar surface area (TPSA) is 146 Å². The molecular formula is C31H28ClFN8O4. The molecule has 230 valence electrons. The van der Waals surface area contributed by atoms with Gasteiger partial charge in [0.05, 0.1) is 16.3 Å². The van der Waals surface area contributed by atoms with Gasteiger partial charge in [-0.25, -0.2) is 9.18 Å². The summed E-state index contributed by atoms with van der Waals surface area (Å²) in [4.78, 5) is 42.8. The van der Waals surface area contributed by atoms with Crippen molar-refractivity contribution in [2.75, 3.05) is 42.9 Å². The van der Waals surface area contributed by atoms with Gasteiger partial charge in [-0.1, -0.05) is 23.7 Å². The first-order chi connectivity index (χ1) is 21.8. The molecule has 2 aliphatic heterocycles. The number of rotatable bonds is 7. The molecule has 0 spiro atoms. The van der Waals surface area contributed by atoms with Crippen molar-refractivity contribution >= 4 is 46.8 Å². The standard InChI is InChI=1S/C31H28ClFN8O4/c32-24-9-10-26(41-18-35-37-38-41)23(28(24)33)8-11-27(42)40-15-12-21-22(2-1-3-25(21)39-16-13-34-14-17-39)29(40)30(43)36-20-6-4-19(5-7-20)31(44)45/h1-11,18,29,34H,12-17H2,(H,36,43)(H,44,45)/b11-8+. The SMILES string of the molecule is O=C(O)c1ccc(NC(=O)C2c3cccc(N4CCNCC4)c3CCN2C(=O)/C=C/c2c(-n3cnnn3)ccc(Cl)c2F)cc1. The molecule has 3 aromatic carbocycles. The molecule has 1 atom stereocenters. The Bertz CT molecular complexity index is 1780. The number of nitrogens with zero attached hydrogens (tertiary/aromatic N) is 6. The minimum absolute atomic E-state index is 0.000996. The minimum atomic E-state index is -1.09. The normalized spacial score (nSPS) is 16.4. The molecule has 4 aromatic rings. The van der Waals surface area contributed by atoms with Crippen LogP contribution in [0.25, 0.3) is 11.8 Å². The van der Waals surface area contributed by atoms with Crippen LogP contribution in [0.1, 0.15) is 33.1 Å². The molecule has 1 unspecified atom stereocenters. The van der Waals surface area contributed by atoms with E-state index >= 15 is 4.39 Å². The molecule has 2 aliphatic rings. The molecule has 2 amide bonds. The number of halogens is 2. The number of hydrogen-bond acceptors (Lipinski definition) is 8. The average Bonchev–Trinajstić information content (AvgIpc) is 3.60. The van der Waals surface area contributed by atoms with E-state index in [1.54, 1.807) is 0 Å². The van der Waals surface area contributed by atoms with E-state index in [0.29, 0.717) is 17.7 Å². The van der Waals surface area contributed by atoms with Gasteiger partial charge in [0.25, 0.3) is 5.91 Å². The summed E-state index contributed by atoms with van der Waals surface area (Å²) in [5, 5.41) is 26.3. The molecule has 6 rings (SSSR count). The number of nitrogens with one attached hydrogen (secondary N) is 2. The number of tetrazole rings is 1. The number of carbonyl (C=O) groups excluding carboxylic acids is 2. The smallest absolute Gasteiger partial charge is 0.335 e. The minimum Gasteiger partial charge on any atom is -0.478 e. The third-order valence-corrected chi connectivity index (χ3v) is 8.17. The van der Waals surface area contributed by atoms with Crippen molar-refractivity contribution in [1.82, 2.24) is 30.4 Å². The molecule has 12 nitrogen and oxygen atoms in total. The molecule has 3 N–H and O–H groups in total. The second-order valence-corrected chi connectivity index (χ2v) is 10.9. The van der Waals surface area contributed by atoms with Crippen LogP contribution in [0.5, 0.6) is 0 Å². The monoisotopic (exact) mass is 630 g/mol. The first kappa shape index (κ1) is 29.9. The quantitative estimate of drug-likeness (QED) is 0.262. The largest absolute Gasteiger partial charge is 0.478 e. The van der Waals surface area contributed by atoms with Crippen molar-refractivity contribution in [3.8, 4) is 5.69 Å². The van der Waals surface area contributed by atoms with E-state index in [1.807, 2.05) is 18.2 Å². The highest BCUT2D eigenvalue weighted by molar-refractivity contribution is 6.31. The number of fused-ring (bicyclic) bond motifs is 1. The molecule has 0 aliphatic carbocycles. The van der Waals surface area contributed by atoms with E-state index < -0.39 is 29.6 Å². The summed E-state index contributed by atoms with van der Waals surface area (Å²) in [6.45, 7) is 3.52. The number of carbonyl (C=O) groups is 3. The number of carboxylic acid groups (broad SMARTS) is 1. The van der Waals surface area contributed by atoms with Gasteiger partial charge in [-0.3, -0.25) is 9.59 Å². The van der Waals surface area contributed by atoms with E-state index in [9.17, 15) is 19.5 Å². The van der Waals surface area contributed by atoms with Crippen LogP contribution in [-0.2, 0) is 16.0 Å².